The van der Waals surface area contributed by atoms with Gasteiger partial charge in [-0.3, -0.25) is 0 Å². The van der Waals surface area contributed by atoms with Gasteiger partial charge in [0.15, 0.2) is 0 Å². The standard InChI is InChI=1S/C18H13FO2S2/c1-22-12-8-6-11(7-9-12)14-10-16(18(20)21)23-17(14)13-4-2-3-5-15(13)19/h2-10H,1H3,(H,20,21). The summed E-state index contributed by atoms with van der Waals surface area (Å²) in [6.45, 7) is 0. The van der Waals surface area contributed by atoms with Crippen LogP contribution < -0.4 is 0 Å². The molecule has 5 heteroatoms. The van der Waals surface area contributed by atoms with Crippen LogP contribution in [-0.4, -0.2) is 17.3 Å². The van der Waals surface area contributed by atoms with Crippen molar-refractivity contribution in [2.24, 2.45) is 0 Å². The average Bonchev–Trinajstić information content (AvgIpc) is 3.01. The second-order valence-electron chi connectivity index (χ2n) is 4.87. The largest absolute Gasteiger partial charge is 0.477 e. The van der Waals surface area contributed by atoms with Crippen molar-refractivity contribution in [2.75, 3.05) is 6.26 Å². The van der Waals surface area contributed by atoms with Gasteiger partial charge in [0.2, 0.25) is 0 Å². The van der Waals surface area contributed by atoms with Crippen LogP contribution in [0.4, 0.5) is 4.39 Å². The number of thioether (sulfide) groups is 1. The summed E-state index contributed by atoms with van der Waals surface area (Å²) >= 11 is 2.73. The lowest BCUT2D eigenvalue weighted by atomic mass is 10.0. The van der Waals surface area contributed by atoms with Gasteiger partial charge in [-0.2, -0.15) is 0 Å². The van der Waals surface area contributed by atoms with Gasteiger partial charge in [-0.15, -0.1) is 23.1 Å². The van der Waals surface area contributed by atoms with Crippen molar-refractivity contribution in [3.8, 4) is 21.6 Å². The zero-order valence-corrected chi connectivity index (χ0v) is 13.9. The molecule has 0 aliphatic carbocycles. The molecule has 0 aliphatic rings. The Morgan fingerprint density at radius 2 is 1.78 bits per heavy atom. The fraction of sp³-hybridized carbons (Fsp3) is 0.0556. The third kappa shape index (κ3) is 3.16. The van der Waals surface area contributed by atoms with Gasteiger partial charge in [0.1, 0.15) is 10.7 Å². The van der Waals surface area contributed by atoms with Crippen molar-refractivity contribution in [2.45, 2.75) is 4.90 Å². The Bertz CT molecular complexity index is 854. The van der Waals surface area contributed by atoms with Crippen molar-refractivity contribution >= 4 is 29.1 Å². The maximum absolute atomic E-state index is 14.2. The maximum atomic E-state index is 14.2. The average molecular weight is 344 g/mol. The number of benzene rings is 2. The third-order valence-electron chi connectivity index (χ3n) is 3.46. The lowest BCUT2D eigenvalue weighted by Gasteiger charge is -2.06. The lowest BCUT2D eigenvalue weighted by Crippen LogP contribution is -1.89. The lowest BCUT2D eigenvalue weighted by molar-refractivity contribution is 0.0702. The first-order valence-corrected chi connectivity index (χ1v) is 8.90. The summed E-state index contributed by atoms with van der Waals surface area (Å²) in [5.74, 6) is -1.35. The summed E-state index contributed by atoms with van der Waals surface area (Å²) in [7, 11) is 0. The molecule has 23 heavy (non-hydrogen) atoms. The molecule has 0 unspecified atom stereocenters. The first kappa shape index (κ1) is 15.8. The summed E-state index contributed by atoms with van der Waals surface area (Å²) < 4.78 is 14.2. The topological polar surface area (TPSA) is 37.3 Å². The number of thiophene rings is 1. The van der Waals surface area contributed by atoms with Gasteiger partial charge < -0.3 is 5.11 Å². The number of rotatable bonds is 4. The Balaban J connectivity index is 2.18. The quantitative estimate of drug-likeness (QED) is 0.622. The van der Waals surface area contributed by atoms with Gasteiger partial charge in [-0.05, 0) is 36.1 Å². The van der Waals surface area contributed by atoms with Gasteiger partial charge in [0.25, 0.3) is 0 Å². The number of hydrogen-bond donors (Lipinski definition) is 1. The molecule has 1 aromatic heterocycles. The summed E-state index contributed by atoms with van der Waals surface area (Å²) in [6.07, 6.45) is 1.99. The summed E-state index contributed by atoms with van der Waals surface area (Å²) in [6, 6.07) is 15.9. The van der Waals surface area contributed by atoms with E-state index in [9.17, 15) is 14.3 Å². The minimum atomic E-state index is -1.00. The molecule has 2 aromatic carbocycles. The van der Waals surface area contributed by atoms with Crippen LogP contribution >= 0.6 is 23.1 Å². The molecule has 3 aromatic rings. The molecule has 0 bridgehead atoms. The normalized spacial score (nSPS) is 10.7. The Labute approximate surface area is 141 Å². The van der Waals surface area contributed by atoms with Gasteiger partial charge in [0.05, 0.1) is 0 Å². The maximum Gasteiger partial charge on any atom is 0.345 e. The molecule has 0 saturated carbocycles. The van der Waals surface area contributed by atoms with Gasteiger partial charge in [-0.1, -0.05) is 30.3 Å². The van der Waals surface area contributed by atoms with E-state index in [0.29, 0.717) is 10.4 Å². The number of hydrogen-bond acceptors (Lipinski definition) is 3. The van der Waals surface area contributed by atoms with Crippen LogP contribution in [0, 0.1) is 5.82 Å². The van der Waals surface area contributed by atoms with E-state index in [1.165, 1.54) is 6.07 Å². The smallest absolute Gasteiger partial charge is 0.345 e. The van der Waals surface area contributed by atoms with E-state index in [1.54, 1.807) is 36.0 Å². The highest BCUT2D eigenvalue weighted by Gasteiger charge is 2.18. The molecular weight excluding hydrogens is 331 g/mol. The van der Waals surface area contributed by atoms with Crippen molar-refractivity contribution < 1.29 is 14.3 Å². The van der Waals surface area contributed by atoms with E-state index in [1.807, 2.05) is 30.5 Å². The van der Waals surface area contributed by atoms with E-state index in [0.717, 1.165) is 27.4 Å². The second kappa shape index (κ2) is 6.56. The zero-order chi connectivity index (χ0) is 16.4. The fourth-order valence-corrected chi connectivity index (χ4v) is 3.78. The SMILES string of the molecule is CSc1ccc(-c2cc(C(=O)O)sc2-c2ccccc2F)cc1. The van der Waals surface area contributed by atoms with Crippen LogP contribution in [0.5, 0.6) is 0 Å². The molecular formula is C18H13FO2S2. The van der Waals surface area contributed by atoms with E-state index in [2.05, 4.69) is 0 Å². The fourth-order valence-electron chi connectivity index (χ4n) is 2.33. The first-order chi connectivity index (χ1) is 11.1. The van der Waals surface area contributed by atoms with E-state index >= 15 is 0 Å². The van der Waals surface area contributed by atoms with E-state index in [-0.39, 0.29) is 10.7 Å². The Kier molecular flexibility index (Phi) is 4.50. The minimum Gasteiger partial charge on any atom is -0.477 e. The van der Waals surface area contributed by atoms with E-state index < -0.39 is 5.97 Å². The Morgan fingerprint density at radius 1 is 1.09 bits per heavy atom. The van der Waals surface area contributed by atoms with Crippen LogP contribution in [-0.2, 0) is 0 Å². The predicted octanol–water partition coefficient (Wildman–Crippen LogP) is 5.64. The van der Waals surface area contributed by atoms with Crippen molar-refractivity contribution in [1.29, 1.82) is 0 Å². The zero-order valence-electron chi connectivity index (χ0n) is 12.2. The molecule has 0 atom stereocenters. The van der Waals surface area contributed by atoms with Gasteiger partial charge in [0, 0.05) is 20.9 Å². The van der Waals surface area contributed by atoms with Crippen LogP contribution in [0.2, 0.25) is 0 Å². The highest BCUT2D eigenvalue weighted by atomic mass is 32.2. The monoisotopic (exact) mass is 344 g/mol. The van der Waals surface area contributed by atoms with Gasteiger partial charge in [-0.25, -0.2) is 9.18 Å². The number of halogens is 1. The van der Waals surface area contributed by atoms with Crippen molar-refractivity contribution in [3.63, 3.8) is 0 Å². The molecule has 1 N–H and O–H groups in total. The van der Waals surface area contributed by atoms with E-state index in [4.69, 9.17) is 0 Å². The minimum absolute atomic E-state index is 0.201. The van der Waals surface area contributed by atoms with Crippen molar-refractivity contribution in [1.82, 2.24) is 0 Å². The van der Waals surface area contributed by atoms with Crippen LogP contribution in [0.1, 0.15) is 9.67 Å². The summed E-state index contributed by atoms with van der Waals surface area (Å²) in [5.41, 5.74) is 2.05. The van der Waals surface area contributed by atoms with Crippen molar-refractivity contribution in [3.05, 3.63) is 65.3 Å². The van der Waals surface area contributed by atoms with Gasteiger partial charge >= 0.3 is 5.97 Å². The molecule has 0 amide bonds. The number of carboxylic acid groups (broad SMARTS) is 1. The Hall–Kier alpha value is -2.11. The van der Waals surface area contributed by atoms with Crippen LogP contribution in [0.3, 0.4) is 0 Å². The third-order valence-corrected chi connectivity index (χ3v) is 5.36. The molecule has 116 valence electrons. The second-order valence-corrected chi connectivity index (χ2v) is 6.80. The molecule has 0 saturated heterocycles. The number of carboxylic acids is 1. The number of carbonyl (C=O) groups is 1. The predicted molar refractivity (Wildman–Crippen MR) is 93.9 cm³/mol. The Morgan fingerprint density at radius 3 is 2.39 bits per heavy atom. The molecule has 3 rings (SSSR count). The molecule has 0 fully saturated rings. The molecule has 0 spiro atoms. The molecule has 2 nitrogen and oxygen atoms in total. The summed E-state index contributed by atoms with van der Waals surface area (Å²) in [4.78, 5) is 13.3. The molecule has 1 heterocycles. The van der Waals surface area contributed by atoms with Crippen LogP contribution in [0.25, 0.3) is 21.6 Å². The highest BCUT2D eigenvalue weighted by molar-refractivity contribution is 7.98. The van der Waals surface area contributed by atoms with Crippen LogP contribution in [0.15, 0.2) is 59.5 Å². The number of aromatic carboxylic acids is 1. The first-order valence-electron chi connectivity index (χ1n) is 6.86. The highest BCUT2D eigenvalue weighted by Crippen LogP contribution is 2.40. The molecule has 0 radical (unpaired) electrons. The summed E-state index contributed by atoms with van der Waals surface area (Å²) in [5, 5.41) is 9.28. The molecule has 0 aliphatic heterocycles.